The molecule has 0 aliphatic carbocycles. The predicted molar refractivity (Wildman–Crippen MR) is 96.6 cm³/mol. The lowest BCUT2D eigenvalue weighted by molar-refractivity contribution is 0.0793. The van der Waals surface area contributed by atoms with Gasteiger partial charge in [0.05, 0.1) is 5.56 Å². The number of pyridine rings is 1. The van der Waals surface area contributed by atoms with E-state index in [9.17, 15) is 14.0 Å². The van der Waals surface area contributed by atoms with Gasteiger partial charge >= 0.3 is 0 Å². The van der Waals surface area contributed by atoms with Crippen molar-refractivity contribution in [2.75, 3.05) is 31.5 Å². The Hall–Kier alpha value is -2.96. The fraction of sp³-hybridized carbons (Fsp3) is 0.316. The summed E-state index contributed by atoms with van der Waals surface area (Å²) in [4.78, 5) is 30.6. The Bertz CT molecular complexity index is 773. The van der Waals surface area contributed by atoms with Crippen molar-refractivity contribution in [1.29, 1.82) is 0 Å². The van der Waals surface area contributed by atoms with Crippen molar-refractivity contribution in [2.45, 2.75) is 12.8 Å². The van der Waals surface area contributed by atoms with Crippen LogP contribution in [0.1, 0.15) is 33.6 Å². The Balaban J connectivity index is 1.52. The molecule has 3 rings (SSSR count). The first-order chi connectivity index (χ1) is 12.6. The third-order valence-corrected chi connectivity index (χ3v) is 4.24. The average molecular weight is 356 g/mol. The maximum Gasteiger partial charge on any atom is 0.257 e. The second-order valence-corrected chi connectivity index (χ2v) is 6.09. The molecule has 26 heavy (non-hydrogen) atoms. The Morgan fingerprint density at radius 2 is 1.81 bits per heavy atom. The van der Waals surface area contributed by atoms with E-state index in [0.717, 1.165) is 25.9 Å². The summed E-state index contributed by atoms with van der Waals surface area (Å²) in [5.74, 6) is -0.163. The monoisotopic (exact) mass is 356 g/mol. The normalized spacial score (nSPS) is 13.5. The molecule has 1 fully saturated rings. The summed E-state index contributed by atoms with van der Waals surface area (Å²) in [5.41, 5.74) is 0.938. The number of hydrogen-bond acceptors (Lipinski definition) is 4. The van der Waals surface area contributed by atoms with Gasteiger partial charge in [0.2, 0.25) is 0 Å². The minimum Gasteiger partial charge on any atom is -0.368 e. The molecule has 1 aromatic heterocycles. The molecule has 7 heteroatoms. The first kappa shape index (κ1) is 17.8. The first-order valence-electron chi connectivity index (χ1n) is 8.67. The summed E-state index contributed by atoms with van der Waals surface area (Å²) < 4.78 is 12.9. The lowest BCUT2D eigenvalue weighted by atomic mass is 10.2. The number of rotatable bonds is 6. The molecule has 0 radical (unpaired) electrons. The zero-order valence-electron chi connectivity index (χ0n) is 14.4. The van der Waals surface area contributed by atoms with Crippen molar-refractivity contribution in [3.63, 3.8) is 0 Å². The third-order valence-electron chi connectivity index (χ3n) is 4.24. The van der Waals surface area contributed by atoms with Gasteiger partial charge in [-0.1, -0.05) is 0 Å². The Morgan fingerprint density at radius 1 is 1.08 bits per heavy atom. The van der Waals surface area contributed by atoms with Crippen molar-refractivity contribution in [3.05, 3.63) is 59.5 Å². The Kier molecular flexibility index (Phi) is 5.78. The number of halogens is 1. The summed E-state index contributed by atoms with van der Waals surface area (Å²) in [6.45, 7) is 2.33. The van der Waals surface area contributed by atoms with Crippen LogP contribution >= 0.6 is 0 Å². The van der Waals surface area contributed by atoms with Gasteiger partial charge < -0.3 is 15.5 Å². The zero-order valence-corrected chi connectivity index (χ0v) is 14.4. The number of nitrogens with one attached hydrogen (secondary N) is 2. The van der Waals surface area contributed by atoms with Crippen molar-refractivity contribution in [1.82, 2.24) is 15.2 Å². The van der Waals surface area contributed by atoms with Crippen LogP contribution in [-0.4, -0.2) is 47.9 Å². The van der Waals surface area contributed by atoms with Gasteiger partial charge in [-0.05, 0) is 49.2 Å². The molecule has 0 bridgehead atoms. The van der Waals surface area contributed by atoms with Crippen molar-refractivity contribution in [3.8, 4) is 0 Å². The molecule has 2 N–H and O–H groups in total. The summed E-state index contributed by atoms with van der Waals surface area (Å²) in [6, 6.07) is 8.86. The molecule has 2 amide bonds. The van der Waals surface area contributed by atoms with Gasteiger partial charge in [-0.2, -0.15) is 0 Å². The van der Waals surface area contributed by atoms with E-state index >= 15 is 0 Å². The van der Waals surface area contributed by atoms with Gasteiger partial charge in [0, 0.05) is 37.9 Å². The number of benzene rings is 1. The molecule has 0 spiro atoms. The van der Waals surface area contributed by atoms with Crippen LogP contribution in [0.15, 0.2) is 42.6 Å². The Labute approximate surface area is 151 Å². The zero-order chi connectivity index (χ0) is 18.4. The maximum atomic E-state index is 12.9. The van der Waals surface area contributed by atoms with Crippen molar-refractivity contribution in [2.24, 2.45) is 0 Å². The molecule has 1 aliphatic heterocycles. The van der Waals surface area contributed by atoms with Gasteiger partial charge in [-0.25, -0.2) is 9.37 Å². The molecule has 1 aliphatic rings. The van der Waals surface area contributed by atoms with Crippen LogP contribution in [0.3, 0.4) is 0 Å². The highest BCUT2D eigenvalue weighted by atomic mass is 19.1. The maximum absolute atomic E-state index is 12.9. The first-order valence-corrected chi connectivity index (χ1v) is 8.67. The molecule has 1 saturated heterocycles. The largest absolute Gasteiger partial charge is 0.368 e. The summed E-state index contributed by atoms with van der Waals surface area (Å²) in [6.07, 6.45) is 3.69. The molecule has 0 atom stereocenters. The molecular formula is C19H21FN4O2. The van der Waals surface area contributed by atoms with E-state index in [1.165, 1.54) is 24.3 Å². The molecule has 136 valence electrons. The topological polar surface area (TPSA) is 74.3 Å². The molecule has 6 nitrogen and oxygen atoms in total. The van der Waals surface area contributed by atoms with Crippen LogP contribution in [0.5, 0.6) is 0 Å². The fourth-order valence-corrected chi connectivity index (χ4v) is 2.87. The number of likely N-dealkylation sites (tertiary alicyclic amines) is 1. The van der Waals surface area contributed by atoms with Gasteiger partial charge in [0.25, 0.3) is 11.8 Å². The average Bonchev–Trinajstić information content (AvgIpc) is 3.20. The van der Waals surface area contributed by atoms with Crippen LogP contribution in [0.25, 0.3) is 0 Å². The van der Waals surface area contributed by atoms with Gasteiger partial charge in [0.1, 0.15) is 11.6 Å². The highest BCUT2D eigenvalue weighted by molar-refractivity contribution is 5.98. The summed E-state index contributed by atoms with van der Waals surface area (Å²) in [5, 5.41) is 5.85. The minimum atomic E-state index is -0.381. The predicted octanol–water partition coefficient (Wildman–Crippen LogP) is 2.30. The molecule has 0 saturated carbocycles. The fourth-order valence-electron chi connectivity index (χ4n) is 2.87. The minimum absolute atomic E-state index is 0.0200. The highest BCUT2D eigenvalue weighted by Gasteiger charge is 2.22. The smallest absolute Gasteiger partial charge is 0.257 e. The molecule has 2 aromatic rings. The van der Waals surface area contributed by atoms with Gasteiger partial charge in [-0.3, -0.25) is 9.59 Å². The number of amides is 2. The lowest BCUT2D eigenvalue weighted by Crippen LogP contribution is -2.31. The van der Waals surface area contributed by atoms with Crippen LogP contribution in [0.4, 0.5) is 10.2 Å². The van der Waals surface area contributed by atoms with Crippen LogP contribution in [0.2, 0.25) is 0 Å². The van der Waals surface area contributed by atoms with E-state index in [4.69, 9.17) is 0 Å². The molecule has 1 aromatic carbocycles. The van der Waals surface area contributed by atoms with Gasteiger partial charge in [-0.15, -0.1) is 0 Å². The van der Waals surface area contributed by atoms with E-state index < -0.39 is 0 Å². The summed E-state index contributed by atoms with van der Waals surface area (Å²) >= 11 is 0. The molecule has 0 unspecified atom stereocenters. The Morgan fingerprint density at radius 3 is 2.54 bits per heavy atom. The SMILES string of the molecule is O=C(NCCNc1ncccc1C(=O)N1CCCC1)c1ccc(F)cc1. The quantitative estimate of drug-likeness (QED) is 0.779. The van der Waals surface area contributed by atoms with Gasteiger partial charge in [0.15, 0.2) is 0 Å². The third kappa shape index (κ3) is 4.36. The summed E-state index contributed by atoms with van der Waals surface area (Å²) in [7, 11) is 0. The van der Waals surface area contributed by atoms with Crippen LogP contribution in [0, 0.1) is 5.82 Å². The van der Waals surface area contributed by atoms with Crippen molar-refractivity contribution >= 4 is 17.6 Å². The number of anilines is 1. The van der Waals surface area contributed by atoms with E-state index in [0.29, 0.717) is 30.0 Å². The van der Waals surface area contributed by atoms with E-state index in [1.54, 1.807) is 18.3 Å². The number of hydrogen-bond donors (Lipinski definition) is 2. The number of carbonyl (C=O) groups is 2. The number of nitrogens with zero attached hydrogens (tertiary/aromatic N) is 2. The lowest BCUT2D eigenvalue weighted by Gasteiger charge is -2.17. The molecular weight excluding hydrogens is 335 g/mol. The second kappa shape index (κ2) is 8.42. The number of aromatic nitrogens is 1. The van der Waals surface area contributed by atoms with Crippen molar-refractivity contribution < 1.29 is 14.0 Å². The van der Waals surface area contributed by atoms with E-state index in [1.807, 2.05) is 4.90 Å². The van der Waals surface area contributed by atoms with Crippen LogP contribution < -0.4 is 10.6 Å². The highest BCUT2D eigenvalue weighted by Crippen LogP contribution is 2.17. The standard InChI is InChI=1S/C19H21FN4O2/c20-15-7-5-14(6-8-15)18(25)23-11-10-22-17-16(4-3-9-21-17)19(26)24-12-1-2-13-24/h3-9H,1-2,10-13H2,(H,21,22)(H,23,25). The van der Waals surface area contributed by atoms with E-state index in [2.05, 4.69) is 15.6 Å². The van der Waals surface area contributed by atoms with E-state index in [-0.39, 0.29) is 17.6 Å². The number of carbonyl (C=O) groups excluding carboxylic acids is 2. The molecule has 2 heterocycles. The second-order valence-electron chi connectivity index (χ2n) is 6.09. The van der Waals surface area contributed by atoms with Crippen LogP contribution in [-0.2, 0) is 0 Å².